The van der Waals surface area contributed by atoms with Gasteiger partial charge in [0.05, 0.1) is 5.02 Å². The second-order valence-corrected chi connectivity index (χ2v) is 4.80. The van der Waals surface area contributed by atoms with Gasteiger partial charge in [-0.05, 0) is 18.2 Å². The molecule has 3 heteroatoms. The van der Waals surface area contributed by atoms with Gasteiger partial charge in [0.2, 0.25) is 0 Å². The summed E-state index contributed by atoms with van der Waals surface area (Å²) in [5.41, 5.74) is 0. The Labute approximate surface area is 81.1 Å². The van der Waals surface area contributed by atoms with Crippen molar-refractivity contribution in [2.75, 3.05) is 0 Å². The van der Waals surface area contributed by atoms with Gasteiger partial charge in [-0.3, -0.25) is 0 Å². The van der Waals surface area contributed by atoms with Crippen LogP contribution in [0, 0.1) is 5.82 Å². The maximum Gasteiger partial charge on any atom is 0.142 e. The van der Waals surface area contributed by atoms with Gasteiger partial charge < -0.3 is 0 Å². The molecule has 0 spiro atoms. The number of hydrogen-bond acceptors (Lipinski definition) is 1. The zero-order valence-corrected chi connectivity index (χ0v) is 8.55. The molecular formula is C9H10ClFS. The van der Waals surface area contributed by atoms with Gasteiger partial charge in [-0.15, -0.1) is 11.8 Å². The minimum Gasteiger partial charge on any atom is -0.205 e. The lowest BCUT2D eigenvalue weighted by Gasteiger charge is -2.04. The maximum absolute atomic E-state index is 12.9. The lowest BCUT2D eigenvalue weighted by molar-refractivity contribution is 0.624. The summed E-state index contributed by atoms with van der Waals surface area (Å²) in [5.74, 6) is -0.345. The number of halogens is 2. The van der Waals surface area contributed by atoms with E-state index < -0.39 is 0 Å². The molecule has 0 aliphatic heterocycles. The summed E-state index contributed by atoms with van der Waals surface area (Å²) < 4.78 is 12.9. The standard InChI is InChI=1S/C9H10ClFS/c1-6(2)12-7-3-4-8(10)9(11)5-7/h3-6H,1-2H3. The Morgan fingerprint density at radius 2 is 2.08 bits per heavy atom. The third kappa shape index (κ3) is 2.68. The first-order valence-electron chi connectivity index (χ1n) is 3.71. The topological polar surface area (TPSA) is 0 Å². The third-order valence-electron chi connectivity index (χ3n) is 1.26. The van der Waals surface area contributed by atoms with Crippen LogP contribution in [-0.2, 0) is 0 Å². The molecule has 1 aromatic rings. The highest BCUT2D eigenvalue weighted by atomic mass is 35.5. The van der Waals surface area contributed by atoms with Crippen molar-refractivity contribution in [3.63, 3.8) is 0 Å². The molecule has 0 amide bonds. The fourth-order valence-corrected chi connectivity index (χ4v) is 1.80. The van der Waals surface area contributed by atoms with E-state index in [0.29, 0.717) is 5.25 Å². The molecule has 0 saturated heterocycles. The molecule has 0 aliphatic carbocycles. The highest BCUT2D eigenvalue weighted by Gasteiger charge is 2.02. The van der Waals surface area contributed by atoms with Crippen LogP contribution < -0.4 is 0 Å². The van der Waals surface area contributed by atoms with Gasteiger partial charge in [0.25, 0.3) is 0 Å². The van der Waals surface area contributed by atoms with E-state index >= 15 is 0 Å². The van der Waals surface area contributed by atoms with Gasteiger partial charge in [-0.1, -0.05) is 25.4 Å². The van der Waals surface area contributed by atoms with Crippen molar-refractivity contribution in [2.24, 2.45) is 0 Å². The fourth-order valence-electron chi connectivity index (χ4n) is 0.822. The van der Waals surface area contributed by atoms with E-state index in [-0.39, 0.29) is 10.8 Å². The summed E-state index contributed by atoms with van der Waals surface area (Å²) in [5, 5.41) is 0.647. The number of thioether (sulfide) groups is 1. The Bertz CT molecular complexity index is 273. The molecule has 0 saturated carbocycles. The van der Waals surface area contributed by atoms with E-state index in [1.807, 2.05) is 6.07 Å². The van der Waals surface area contributed by atoms with Crippen LogP contribution in [0.2, 0.25) is 5.02 Å². The van der Waals surface area contributed by atoms with Gasteiger partial charge in [-0.25, -0.2) is 4.39 Å². The second kappa shape index (κ2) is 4.15. The molecule has 0 unspecified atom stereocenters. The Morgan fingerprint density at radius 1 is 1.42 bits per heavy atom. The van der Waals surface area contributed by atoms with E-state index in [1.165, 1.54) is 6.07 Å². The van der Waals surface area contributed by atoms with E-state index in [9.17, 15) is 4.39 Å². The average Bonchev–Trinajstić information content (AvgIpc) is 1.96. The van der Waals surface area contributed by atoms with Crippen LogP contribution >= 0.6 is 23.4 Å². The molecule has 0 nitrogen and oxygen atoms in total. The number of benzene rings is 1. The van der Waals surface area contributed by atoms with Crippen LogP contribution in [0.5, 0.6) is 0 Å². The predicted molar refractivity (Wildman–Crippen MR) is 52.4 cm³/mol. The van der Waals surface area contributed by atoms with E-state index in [4.69, 9.17) is 11.6 Å². The van der Waals surface area contributed by atoms with Gasteiger partial charge in [0.15, 0.2) is 0 Å². The Kier molecular flexibility index (Phi) is 3.41. The minimum absolute atomic E-state index is 0.183. The van der Waals surface area contributed by atoms with Crippen molar-refractivity contribution in [1.29, 1.82) is 0 Å². The van der Waals surface area contributed by atoms with Crippen molar-refractivity contribution < 1.29 is 4.39 Å². The highest BCUT2D eigenvalue weighted by molar-refractivity contribution is 7.99. The summed E-state index contributed by atoms with van der Waals surface area (Å²) in [6, 6.07) is 4.88. The number of hydrogen-bond donors (Lipinski definition) is 0. The van der Waals surface area contributed by atoms with Gasteiger partial charge in [0, 0.05) is 10.1 Å². The predicted octanol–water partition coefficient (Wildman–Crippen LogP) is 3.98. The van der Waals surface area contributed by atoms with E-state index in [0.717, 1.165) is 4.90 Å². The molecule has 0 aromatic heterocycles. The van der Waals surface area contributed by atoms with E-state index in [1.54, 1.807) is 17.8 Å². The summed E-state index contributed by atoms with van der Waals surface area (Å²) in [6.45, 7) is 4.13. The normalized spacial score (nSPS) is 10.8. The fraction of sp³-hybridized carbons (Fsp3) is 0.333. The van der Waals surface area contributed by atoms with Crippen LogP contribution in [-0.4, -0.2) is 5.25 Å². The summed E-state index contributed by atoms with van der Waals surface area (Å²) in [6.07, 6.45) is 0. The van der Waals surface area contributed by atoms with Crippen molar-refractivity contribution in [3.05, 3.63) is 29.0 Å². The van der Waals surface area contributed by atoms with Gasteiger partial charge in [0.1, 0.15) is 5.82 Å². The minimum atomic E-state index is -0.345. The molecule has 0 bridgehead atoms. The molecule has 0 aliphatic rings. The average molecular weight is 205 g/mol. The monoisotopic (exact) mass is 204 g/mol. The van der Waals surface area contributed by atoms with Crippen LogP contribution in [0.25, 0.3) is 0 Å². The quantitative estimate of drug-likeness (QED) is 0.657. The molecular weight excluding hydrogens is 195 g/mol. The van der Waals surface area contributed by atoms with Crippen LogP contribution in [0.1, 0.15) is 13.8 Å². The first kappa shape index (κ1) is 9.87. The summed E-state index contributed by atoms with van der Waals surface area (Å²) in [4.78, 5) is 0.923. The molecule has 0 atom stereocenters. The first-order valence-corrected chi connectivity index (χ1v) is 4.97. The first-order chi connectivity index (χ1) is 5.59. The second-order valence-electron chi connectivity index (χ2n) is 2.74. The van der Waals surface area contributed by atoms with Crippen LogP contribution in [0.3, 0.4) is 0 Å². The molecule has 0 heterocycles. The lowest BCUT2D eigenvalue weighted by atomic mass is 10.3. The summed E-state index contributed by atoms with van der Waals surface area (Å²) >= 11 is 7.16. The zero-order chi connectivity index (χ0) is 9.14. The molecule has 1 aromatic carbocycles. The molecule has 66 valence electrons. The third-order valence-corrected chi connectivity index (χ3v) is 2.57. The molecule has 1 rings (SSSR count). The SMILES string of the molecule is CC(C)Sc1ccc(Cl)c(F)c1. The molecule has 12 heavy (non-hydrogen) atoms. The number of rotatable bonds is 2. The smallest absolute Gasteiger partial charge is 0.142 e. The van der Waals surface area contributed by atoms with Crippen LogP contribution in [0.4, 0.5) is 4.39 Å². The Morgan fingerprint density at radius 3 is 2.58 bits per heavy atom. The molecule has 0 fully saturated rings. The van der Waals surface area contributed by atoms with Crippen LogP contribution in [0.15, 0.2) is 23.1 Å². The Balaban J connectivity index is 2.82. The largest absolute Gasteiger partial charge is 0.205 e. The lowest BCUT2D eigenvalue weighted by Crippen LogP contribution is -1.86. The van der Waals surface area contributed by atoms with Crippen molar-refractivity contribution in [1.82, 2.24) is 0 Å². The Hall–Kier alpha value is -0.210. The maximum atomic E-state index is 12.9. The highest BCUT2D eigenvalue weighted by Crippen LogP contribution is 2.26. The zero-order valence-electron chi connectivity index (χ0n) is 6.97. The van der Waals surface area contributed by atoms with E-state index in [2.05, 4.69) is 13.8 Å². The van der Waals surface area contributed by atoms with Gasteiger partial charge >= 0.3 is 0 Å². The van der Waals surface area contributed by atoms with Gasteiger partial charge in [-0.2, -0.15) is 0 Å². The molecule has 0 radical (unpaired) electrons. The van der Waals surface area contributed by atoms with Crippen molar-refractivity contribution in [2.45, 2.75) is 24.0 Å². The van der Waals surface area contributed by atoms with Crippen molar-refractivity contribution >= 4 is 23.4 Å². The summed E-state index contributed by atoms with van der Waals surface area (Å²) in [7, 11) is 0. The molecule has 0 N–H and O–H groups in total. The van der Waals surface area contributed by atoms with Crippen molar-refractivity contribution in [3.8, 4) is 0 Å².